The first-order valence-corrected chi connectivity index (χ1v) is 9.44. The number of benzene rings is 2. The van der Waals surface area contributed by atoms with Gasteiger partial charge in [-0.25, -0.2) is 0 Å². The maximum Gasteiger partial charge on any atom is 0.270 e. The van der Waals surface area contributed by atoms with Crippen molar-refractivity contribution in [1.29, 1.82) is 0 Å². The summed E-state index contributed by atoms with van der Waals surface area (Å²) in [4.78, 5) is 15.2. The first kappa shape index (κ1) is 20.2. The first-order valence-electron chi connectivity index (χ1n) is 9.44. The Bertz CT molecular complexity index is 924. The van der Waals surface area contributed by atoms with Gasteiger partial charge in [0.2, 0.25) is 0 Å². The number of likely N-dealkylation sites (tertiary alicyclic amines) is 1. The van der Waals surface area contributed by atoms with Crippen LogP contribution >= 0.6 is 12.4 Å². The number of nitrogens with zero attached hydrogens (tertiary/aromatic N) is 2. The molecule has 1 amide bonds. The summed E-state index contributed by atoms with van der Waals surface area (Å²) in [5.41, 5.74) is 10.2. The van der Waals surface area contributed by atoms with E-state index in [9.17, 15) is 4.79 Å². The van der Waals surface area contributed by atoms with E-state index in [-0.39, 0.29) is 18.3 Å². The SMILES string of the molecule is Cl.Cn1c(C(=O)N2C[C@@H](CN)[C@H](c3ccccc3)C2)ccc1-c1ccccc1. The number of amides is 1. The fourth-order valence-corrected chi connectivity index (χ4v) is 4.14. The Balaban J connectivity index is 0.00000225. The molecular formula is C23H26ClN3O. The van der Waals surface area contributed by atoms with Crippen molar-refractivity contribution in [2.75, 3.05) is 19.6 Å². The molecule has 0 aliphatic carbocycles. The van der Waals surface area contributed by atoms with Crippen molar-refractivity contribution >= 4 is 18.3 Å². The van der Waals surface area contributed by atoms with Gasteiger partial charge in [-0.2, -0.15) is 0 Å². The van der Waals surface area contributed by atoms with Crippen LogP contribution in [0.2, 0.25) is 0 Å². The predicted molar refractivity (Wildman–Crippen MR) is 116 cm³/mol. The molecule has 1 aliphatic heterocycles. The molecule has 2 heterocycles. The van der Waals surface area contributed by atoms with Crippen LogP contribution in [0.3, 0.4) is 0 Å². The van der Waals surface area contributed by atoms with E-state index in [2.05, 4.69) is 36.4 Å². The fourth-order valence-electron chi connectivity index (χ4n) is 4.14. The van der Waals surface area contributed by atoms with E-state index in [0.717, 1.165) is 23.5 Å². The molecule has 3 aromatic rings. The minimum Gasteiger partial charge on any atom is -0.340 e. The van der Waals surface area contributed by atoms with Crippen molar-refractivity contribution in [3.63, 3.8) is 0 Å². The van der Waals surface area contributed by atoms with Crippen LogP contribution in [0.4, 0.5) is 0 Å². The maximum absolute atomic E-state index is 13.2. The summed E-state index contributed by atoms with van der Waals surface area (Å²) in [5.74, 6) is 0.677. The Labute approximate surface area is 172 Å². The quantitative estimate of drug-likeness (QED) is 0.727. The topological polar surface area (TPSA) is 51.3 Å². The Kier molecular flexibility index (Phi) is 6.22. The van der Waals surface area contributed by atoms with Gasteiger partial charge >= 0.3 is 0 Å². The highest BCUT2D eigenvalue weighted by molar-refractivity contribution is 5.94. The lowest BCUT2D eigenvalue weighted by Crippen LogP contribution is -2.31. The highest BCUT2D eigenvalue weighted by Crippen LogP contribution is 2.33. The van der Waals surface area contributed by atoms with Gasteiger partial charge in [0, 0.05) is 31.7 Å². The maximum atomic E-state index is 13.2. The number of nitrogens with two attached hydrogens (primary N) is 1. The third-order valence-electron chi connectivity index (χ3n) is 5.67. The Morgan fingerprint density at radius 1 is 0.964 bits per heavy atom. The summed E-state index contributed by atoms with van der Waals surface area (Å²) in [7, 11) is 1.96. The summed E-state index contributed by atoms with van der Waals surface area (Å²) in [5, 5.41) is 0. The first-order chi connectivity index (χ1) is 13.2. The average molecular weight is 396 g/mol. The van der Waals surface area contributed by atoms with Gasteiger partial charge in [0.1, 0.15) is 5.69 Å². The normalized spacial score (nSPS) is 18.7. The Morgan fingerprint density at radius 3 is 2.25 bits per heavy atom. The summed E-state index contributed by atoms with van der Waals surface area (Å²) in [6, 6.07) is 24.5. The van der Waals surface area contributed by atoms with Crippen LogP contribution in [0.1, 0.15) is 22.0 Å². The number of hydrogen-bond donors (Lipinski definition) is 1. The van der Waals surface area contributed by atoms with E-state index in [4.69, 9.17) is 5.73 Å². The molecule has 5 heteroatoms. The van der Waals surface area contributed by atoms with Crippen molar-refractivity contribution in [2.45, 2.75) is 5.92 Å². The van der Waals surface area contributed by atoms with Gasteiger partial charge in [-0.3, -0.25) is 4.79 Å². The Hall–Kier alpha value is -2.56. The van der Waals surface area contributed by atoms with Crippen molar-refractivity contribution in [3.8, 4) is 11.3 Å². The van der Waals surface area contributed by atoms with Crippen molar-refractivity contribution in [2.24, 2.45) is 18.7 Å². The van der Waals surface area contributed by atoms with Gasteiger partial charge in [0.15, 0.2) is 0 Å². The minimum atomic E-state index is 0. The number of carbonyl (C=O) groups is 1. The fraction of sp³-hybridized carbons (Fsp3) is 0.261. The van der Waals surface area contributed by atoms with Gasteiger partial charge in [0.25, 0.3) is 5.91 Å². The number of carbonyl (C=O) groups excluding carboxylic acids is 1. The van der Waals surface area contributed by atoms with Crippen molar-refractivity contribution < 1.29 is 4.79 Å². The molecule has 0 bridgehead atoms. The molecule has 0 radical (unpaired) electrons. The van der Waals surface area contributed by atoms with Crippen LogP contribution in [-0.4, -0.2) is 35.0 Å². The standard InChI is InChI=1S/C23H25N3O.ClH/c1-25-21(18-10-6-3-7-11-18)12-13-22(25)23(27)26-15-19(14-24)20(16-26)17-8-4-2-5-9-17;/h2-13,19-20H,14-16,24H2,1H3;1H/t19-,20+;/m1./s1. The number of aromatic nitrogens is 1. The smallest absolute Gasteiger partial charge is 0.270 e. The third-order valence-corrected chi connectivity index (χ3v) is 5.67. The van der Waals surface area contributed by atoms with E-state index >= 15 is 0 Å². The number of rotatable bonds is 4. The van der Waals surface area contributed by atoms with Gasteiger partial charge < -0.3 is 15.2 Å². The number of halogens is 1. The van der Waals surface area contributed by atoms with Crippen LogP contribution in [0.25, 0.3) is 11.3 Å². The van der Waals surface area contributed by atoms with E-state index in [1.807, 2.05) is 52.9 Å². The molecule has 4 nitrogen and oxygen atoms in total. The van der Waals surface area contributed by atoms with Crippen molar-refractivity contribution in [1.82, 2.24) is 9.47 Å². The molecule has 2 atom stereocenters. The summed E-state index contributed by atoms with van der Waals surface area (Å²) >= 11 is 0. The molecule has 0 saturated carbocycles. The highest BCUT2D eigenvalue weighted by atomic mass is 35.5. The lowest BCUT2D eigenvalue weighted by atomic mass is 9.89. The average Bonchev–Trinajstić information content (AvgIpc) is 3.32. The molecule has 0 unspecified atom stereocenters. The van der Waals surface area contributed by atoms with E-state index in [1.54, 1.807) is 0 Å². The van der Waals surface area contributed by atoms with Crippen LogP contribution in [-0.2, 0) is 7.05 Å². The molecule has 0 spiro atoms. The van der Waals surface area contributed by atoms with E-state index in [1.165, 1.54) is 5.56 Å². The zero-order valence-electron chi connectivity index (χ0n) is 16.0. The van der Waals surface area contributed by atoms with Gasteiger partial charge in [-0.15, -0.1) is 12.4 Å². The summed E-state index contributed by atoms with van der Waals surface area (Å²) < 4.78 is 1.99. The molecule has 1 fully saturated rings. The van der Waals surface area contributed by atoms with E-state index < -0.39 is 0 Å². The molecule has 146 valence electrons. The summed E-state index contributed by atoms with van der Waals surface area (Å²) in [6.45, 7) is 2.02. The molecule has 1 aliphatic rings. The largest absolute Gasteiger partial charge is 0.340 e. The van der Waals surface area contributed by atoms with Crippen LogP contribution < -0.4 is 5.73 Å². The van der Waals surface area contributed by atoms with Gasteiger partial charge in [0.05, 0.1) is 0 Å². The van der Waals surface area contributed by atoms with Crippen LogP contribution in [0.15, 0.2) is 72.8 Å². The lowest BCUT2D eigenvalue weighted by molar-refractivity contribution is 0.0777. The minimum absolute atomic E-state index is 0. The second kappa shape index (κ2) is 8.63. The van der Waals surface area contributed by atoms with Crippen LogP contribution in [0.5, 0.6) is 0 Å². The molecule has 2 aromatic carbocycles. The highest BCUT2D eigenvalue weighted by Gasteiger charge is 2.36. The zero-order chi connectivity index (χ0) is 18.8. The second-order valence-electron chi connectivity index (χ2n) is 7.25. The molecular weight excluding hydrogens is 370 g/mol. The molecule has 4 rings (SSSR count). The monoisotopic (exact) mass is 395 g/mol. The van der Waals surface area contributed by atoms with Gasteiger partial charge in [-0.05, 0) is 35.7 Å². The lowest BCUT2D eigenvalue weighted by Gasteiger charge is -2.17. The summed E-state index contributed by atoms with van der Waals surface area (Å²) in [6.07, 6.45) is 0. The second-order valence-corrected chi connectivity index (χ2v) is 7.25. The molecule has 28 heavy (non-hydrogen) atoms. The number of hydrogen-bond acceptors (Lipinski definition) is 2. The van der Waals surface area contributed by atoms with Crippen LogP contribution in [0, 0.1) is 5.92 Å². The third kappa shape index (κ3) is 3.71. The van der Waals surface area contributed by atoms with E-state index in [0.29, 0.717) is 24.9 Å². The van der Waals surface area contributed by atoms with Gasteiger partial charge in [-0.1, -0.05) is 60.7 Å². The zero-order valence-corrected chi connectivity index (χ0v) is 16.8. The molecule has 1 saturated heterocycles. The van der Waals surface area contributed by atoms with Crippen molar-refractivity contribution in [3.05, 3.63) is 84.1 Å². The predicted octanol–water partition coefficient (Wildman–Crippen LogP) is 3.93. The molecule has 2 N–H and O–H groups in total. The molecule has 1 aromatic heterocycles. The Morgan fingerprint density at radius 2 is 1.61 bits per heavy atom.